The van der Waals surface area contributed by atoms with Crippen molar-refractivity contribution in [3.05, 3.63) is 59.7 Å². The number of rotatable bonds is 3. The van der Waals surface area contributed by atoms with Crippen LogP contribution in [0.3, 0.4) is 0 Å². The Bertz CT molecular complexity index is 745. The van der Waals surface area contributed by atoms with Gasteiger partial charge in [0.15, 0.2) is 0 Å². The molecule has 1 atom stereocenters. The molecule has 2 N–H and O–H groups in total. The zero-order valence-corrected chi connectivity index (χ0v) is 11.7. The van der Waals surface area contributed by atoms with Crippen molar-refractivity contribution >= 4 is 11.0 Å². The van der Waals surface area contributed by atoms with Gasteiger partial charge in [-0.25, -0.2) is 4.98 Å². The molecule has 1 aromatic carbocycles. The van der Waals surface area contributed by atoms with E-state index >= 15 is 0 Å². The van der Waals surface area contributed by atoms with Gasteiger partial charge in [0.1, 0.15) is 5.82 Å². The van der Waals surface area contributed by atoms with E-state index in [4.69, 9.17) is 5.73 Å². The molecular weight excluding hydrogens is 248 g/mol. The maximum absolute atomic E-state index is 6.33. The summed E-state index contributed by atoms with van der Waals surface area (Å²) in [7, 11) is 2.04. The first kappa shape index (κ1) is 12.8. The Balaban J connectivity index is 1.93. The molecular formula is C16H18N4. The summed E-state index contributed by atoms with van der Waals surface area (Å²) in [6.45, 7) is 2.06. The van der Waals surface area contributed by atoms with Crippen LogP contribution in [0.4, 0.5) is 0 Å². The van der Waals surface area contributed by atoms with Crippen LogP contribution in [0.1, 0.15) is 23.0 Å². The van der Waals surface area contributed by atoms with Crippen molar-refractivity contribution in [2.24, 2.45) is 12.8 Å². The van der Waals surface area contributed by atoms with Crippen molar-refractivity contribution in [1.29, 1.82) is 0 Å². The van der Waals surface area contributed by atoms with Gasteiger partial charge in [-0.2, -0.15) is 0 Å². The largest absolute Gasteiger partial charge is 0.331 e. The van der Waals surface area contributed by atoms with Gasteiger partial charge in [-0.3, -0.25) is 4.98 Å². The molecule has 0 spiro atoms. The Kier molecular flexibility index (Phi) is 3.24. The molecule has 3 rings (SSSR count). The first-order chi connectivity index (χ1) is 9.66. The Labute approximate surface area is 118 Å². The molecule has 20 heavy (non-hydrogen) atoms. The van der Waals surface area contributed by atoms with E-state index in [1.54, 1.807) is 6.20 Å². The number of benzene rings is 1. The van der Waals surface area contributed by atoms with E-state index in [0.717, 1.165) is 22.4 Å². The van der Waals surface area contributed by atoms with E-state index in [-0.39, 0.29) is 6.04 Å². The van der Waals surface area contributed by atoms with Gasteiger partial charge in [0.2, 0.25) is 0 Å². The highest BCUT2D eigenvalue weighted by Gasteiger charge is 2.14. The highest BCUT2D eigenvalue weighted by atomic mass is 15.1. The van der Waals surface area contributed by atoms with Gasteiger partial charge in [-0.05, 0) is 36.2 Å². The average molecular weight is 266 g/mol. The maximum Gasteiger partial charge on any atom is 0.111 e. The van der Waals surface area contributed by atoms with Gasteiger partial charge in [0, 0.05) is 31.9 Å². The van der Waals surface area contributed by atoms with Crippen molar-refractivity contribution < 1.29 is 0 Å². The quantitative estimate of drug-likeness (QED) is 0.792. The molecule has 2 heterocycles. The minimum atomic E-state index is -0.0841. The zero-order chi connectivity index (χ0) is 14.1. The molecule has 0 aliphatic heterocycles. The number of hydrogen-bond donors (Lipinski definition) is 1. The topological polar surface area (TPSA) is 56.7 Å². The van der Waals surface area contributed by atoms with Gasteiger partial charge < -0.3 is 10.3 Å². The molecule has 3 aromatic rings. The number of para-hydroxylation sites is 2. The molecule has 1 unspecified atom stereocenters. The molecule has 0 saturated carbocycles. The van der Waals surface area contributed by atoms with Crippen LogP contribution in [0, 0.1) is 6.92 Å². The Morgan fingerprint density at radius 3 is 2.80 bits per heavy atom. The monoisotopic (exact) mass is 266 g/mol. The predicted octanol–water partition coefficient (Wildman–Crippen LogP) is 2.52. The van der Waals surface area contributed by atoms with Gasteiger partial charge in [-0.15, -0.1) is 0 Å². The number of aromatic nitrogens is 3. The lowest BCUT2D eigenvalue weighted by Gasteiger charge is -2.13. The normalized spacial score (nSPS) is 12.8. The Morgan fingerprint density at radius 1 is 1.25 bits per heavy atom. The van der Waals surface area contributed by atoms with Crippen molar-refractivity contribution in [2.45, 2.75) is 19.4 Å². The number of aryl methyl sites for hydroxylation is 2. The lowest BCUT2D eigenvalue weighted by Crippen LogP contribution is -2.17. The third-order valence-corrected chi connectivity index (χ3v) is 3.76. The molecule has 0 aliphatic rings. The van der Waals surface area contributed by atoms with E-state index in [0.29, 0.717) is 6.42 Å². The average Bonchev–Trinajstić information content (AvgIpc) is 2.76. The van der Waals surface area contributed by atoms with E-state index in [1.165, 1.54) is 5.56 Å². The van der Waals surface area contributed by atoms with Crippen LogP contribution in [-0.2, 0) is 13.5 Å². The second-order valence-electron chi connectivity index (χ2n) is 5.12. The number of nitrogens with zero attached hydrogens (tertiary/aromatic N) is 3. The first-order valence-electron chi connectivity index (χ1n) is 6.73. The van der Waals surface area contributed by atoms with Crippen molar-refractivity contribution in [3.8, 4) is 0 Å². The summed E-state index contributed by atoms with van der Waals surface area (Å²) in [6.07, 6.45) is 4.35. The van der Waals surface area contributed by atoms with Gasteiger partial charge in [-0.1, -0.05) is 12.1 Å². The van der Waals surface area contributed by atoms with Crippen LogP contribution in [-0.4, -0.2) is 14.5 Å². The number of hydrogen-bond acceptors (Lipinski definition) is 3. The number of nitrogens with two attached hydrogens (primary N) is 1. The number of pyridine rings is 1. The first-order valence-corrected chi connectivity index (χ1v) is 6.73. The Hall–Kier alpha value is -2.20. The lowest BCUT2D eigenvalue weighted by atomic mass is 10.0. The summed E-state index contributed by atoms with van der Waals surface area (Å²) in [5.41, 5.74) is 10.7. The number of imidazole rings is 1. The fourth-order valence-corrected chi connectivity index (χ4v) is 2.55. The molecule has 102 valence electrons. The molecule has 4 heteroatoms. The van der Waals surface area contributed by atoms with Crippen LogP contribution in [0.2, 0.25) is 0 Å². The molecule has 0 amide bonds. The minimum Gasteiger partial charge on any atom is -0.331 e. The zero-order valence-electron chi connectivity index (χ0n) is 11.7. The van der Waals surface area contributed by atoms with E-state index < -0.39 is 0 Å². The summed E-state index contributed by atoms with van der Waals surface area (Å²) in [6, 6.07) is 10.0. The van der Waals surface area contributed by atoms with Crippen LogP contribution < -0.4 is 5.73 Å². The molecule has 2 aromatic heterocycles. The van der Waals surface area contributed by atoms with E-state index in [1.807, 2.05) is 37.5 Å². The van der Waals surface area contributed by atoms with Crippen molar-refractivity contribution in [3.63, 3.8) is 0 Å². The molecule has 4 nitrogen and oxygen atoms in total. The molecule has 0 bridgehead atoms. The summed E-state index contributed by atoms with van der Waals surface area (Å²) >= 11 is 0. The van der Waals surface area contributed by atoms with E-state index in [9.17, 15) is 0 Å². The third-order valence-electron chi connectivity index (χ3n) is 3.76. The molecule has 0 aliphatic carbocycles. The lowest BCUT2D eigenvalue weighted by molar-refractivity contribution is 0.659. The fraction of sp³-hybridized carbons (Fsp3) is 0.250. The molecule has 0 saturated heterocycles. The predicted molar refractivity (Wildman–Crippen MR) is 80.3 cm³/mol. The standard InChI is InChI=1S/C16H18N4/c1-11-7-8-18-10-12(11)13(17)9-16-19-14-5-3-4-6-15(14)20(16)2/h3-8,10,13H,9,17H2,1-2H3. The van der Waals surface area contributed by atoms with Crippen molar-refractivity contribution in [2.75, 3.05) is 0 Å². The Morgan fingerprint density at radius 2 is 2.05 bits per heavy atom. The van der Waals surface area contributed by atoms with Gasteiger partial charge in [0.25, 0.3) is 0 Å². The fourth-order valence-electron chi connectivity index (χ4n) is 2.55. The highest BCUT2D eigenvalue weighted by molar-refractivity contribution is 5.75. The maximum atomic E-state index is 6.33. The van der Waals surface area contributed by atoms with Crippen molar-refractivity contribution in [1.82, 2.24) is 14.5 Å². The third kappa shape index (κ3) is 2.18. The minimum absolute atomic E-state index is 0.0841. The molecule has 0 radical (unpaired) electrons. The van der Waals surface area contributed by atoms with Crippen LogP contribution in [0.5, 0.6) is 0 Å². The van der Waals surface area contributed by atoms with Gasteiger partial charge in [0.05, 0.1) is 11.0 Å². The van der Waals surface area contributed by atoms with Gasteiger partial charge >= 0.3 is 0 Å². The smallest absolute Gasteiger partial charge is 0.111 e. The van der Waals surface area contributed by atoms with E-state index in [2.05, 4.69) is 27.5 Å². The SMILES string of the molecule is Cc1ccncc1C(N)Cc1nc2ccccc2n1C. The second kappa shape index (κ2) is 5.06. The van der Waals surface area contributed by atoms with Crippen LogP contribution >= 0.6 is 0 Å². The highest BCUT2D eigenvalue weighted by Crippen LogP contribution is 2.21. The van der Waals surface area contributed by atoms with Crippen LogP contribution in [0.25, 0.3) is 11.0 Å². The summed E-state index contributed by atoms with van der Waals surface area (Å²) in [4.78, 5) is 8.84. The summed E-state index contributed by atoms with van der Waals surface area (Å²) in [5.74, 6) is 1.00. The molecule has 0 fully saturated rings. The van der Waals surface area contributed by atoms with Crippen LogP contribution in [0.15, 0.2) is 42.7 Å². The second-order valence-corrected chi connectivity index (χ2v) is 5.12. The summed E-state index contributed by atoms with van der Waals surface area (Å²) in [5, 5.41) is 0. The summed E-state index contributed by atoms with van der Waals surface area (Å²) < 4.78 is 2.11. The number of fused-ring (bicyclic) bond motifs is 1.